The lowest BCUT2D eigenvalue weighted by Crippen LogP contribution is -2.36. The van der Waals surface area contributed by atoms with E-state index in [0.717, 1.165) is 0 Å². The first-order valence-corrected chi connectivity index (χ1v) is 6.36. The molecule has 0 aliphatic heterocycles. The molecule has 3 N–H and O–H groups in total. The van der Waals surface area contributed by atoms with E-state index >= 15 is 0 Å². The highest BCUT2D eigenvalue weighted by Gasteiger charge is 2.10. The van der Waals surface area contributed by atoms with Gasteiger partial charge in [0.05, 0.1) is 24.8 Å². The number of hydrogen-bond acceptors (Lipinski definition) is 5. The van der Waals surface area contributed by atoms with Crippen LogP contribution in [0.5, 0.6) is 0 Å². The Morgan fingerprint density at radius 2 is 2.05 bits per heavy atom. The number of rotatable bonds is 8. The number of nitrogen functional groups attached to an aromatic ring is 1. The van der Waals surface area contributed by atoms with Crippen LogP contribution >= 0.6 is 0 Å². The molecule has 1 heterocycles. The Bertz CT molecular complexity index is 375. The van der Waals surface area contributed by atoms with Gasteiger partial charge in [0.2, 0.25) is 5.91 Å². The minimum atomic E-state index is -0.404. The molecule has 1 amide bonds. The fourth-order valence-corrected chi connectivity index (χ4v) is 1.50. The average Bonchev–Trinajstić information content (AvgIpc) is 2.39. The smallest absolute Gasteiger partial charge is 0.226 e. The lowest BCUT2D eigenvalue weighted by molar-refractivity contribution is -0.140. The molecule has 0 aliphatic rings. The van der Waals surface area contributed by atoms with E-state index in [1.54, 1.807) is 12.1 Å². The maximum atomic E-state index is 11.7. The number of anilines is 1. The zero-order valence-electron chi connectivity index (χ0n) is 11.4. The number of hydrogen-bond donors (Lipinski definition) is 2. The van der Waals surface area contributed by atoms with E-state index in [1.807, 2.05) is 13.8 Å². The molecule has 0 bridgehead atoms. The SMILES string of the molecule is CCOC(CNC(=O)Cc1ccc(N)cn1)OCC. The fraction of sp³-hybridized carbons (Fsp3) is 0.538. The van der Waals surface area contributed by atoms with Gasteiger partial charge in [-0.05, 0) is 26.0 Å². The number of carbonyl (C=O) groups is 1. The van der Waals surface area contributed by atoms with Crippen LogP contribution in [0, 0.1) is 0 Å². The number of ether oxygens (including phenoxy) is 2. The van der Waals surface area contributed by atoms with Crippen molar-refractivity contribution in [1.82, 2.24) is 10.3 Å². The largest absolute Gasteiger partial charge is 0.397 e. The molecule has 1 aromatic rings. The minimum absolute atomic E-state index is 0.123. The highest BCUT2D eigenvalue weighted by molar-refractivity contribution is 5.78. The second kappa shape index (κ2) is 8.44. The summed E-state index contributed by atoms with van der Waals surface area (Å²) in [4.78, 5) is 15.8. The Balaban J connectivity index is 2.35. The molecule has 6 heteroatoms. The van der Waals surface area contributed by atoms with E-state index in [-0.39, 0.29) is 12.3 Å². The number of pyridine rings is 1. The van der Waals surface area contributed by atoms with Gasteiger partial charge in [0.15, 0.2) is 6.29 Å². The van der Waals surface area contributed by atoms with E-state index in [9.17, 15) is 4.79 Å². The molecule has 0 aliphatic carbocycles. The molecule has 106 valence electrons. The fourth-order valence-electron chi connectivity index (χ4n) is 1.50. The van der Waals surface area contributed by atoms with Gasteiger partial charge in [0.1, 0.15) is 0 Å². The number of amides is 1. The van der Waals surface area contributed by atoms with Crippen LogP contribution in [-0.2, 0) is 20.7 Å². The average molecular weight is 267 g/mol. The highest BCUT2D eigenvalue weighted by Crippen LogP contribution is 2.02. The van der Waals surface area contributed by atoms with Gasteiger partial charge in [0.25, 0.3) is 0 Å². The van der Waals surface area contributed by atoms with E-state index in [2.05, 4.69) is 10.3 Å². The van der Waals surface area contributed by atoms with E-state index < -0.39 is 6.29 Å². The van der Waals surface area contributed by atoms with Crippen LogP contribution in [0.25, 0.3) is 0 Å². The van der Waals surface area contributed by atoms with Gasteiger partial charge in [-0.2, -0.15) is 0 Å². The van der Waals surface area contributed by atoms with Gasteiger partial charge in [-0.3, -0.25) is 9.78 Å². The molecule has 0 unspecified atom stereocenters. The molecular weight excluding hydrogens is 246 g/mol. The van der Waals surface area contributed by atoms with Crippen molar-refractivity contribution in [3.63, 3.8) is 0 Å². The Morgan fingerprint density at radius 1 is 1.37 bits per heavy atom. The lowest BCUT2D eigenvalue weighted by Gasteiger charge is -2.17. The van der Waals surface area contributed by atoms with E-state index in [0.29, 0.717) is 31.1 Å². The molecule has 6 nitrogen and oxygen atoms in total. The molecule has 0 fully saturated rings. The lowest BCUT2D eigenvalue weighted by atomic mass is 10.2. The predicted octanol–water partition coefficient (Wildman–Crippen LogP) is 0.722. The van der Waals surface area contributed by atoms with Gasteiger partial charge in [-0.15, -0.1) is 0 Å². The van der Waals surface area contributed by atoms with Crippen molar-refractivity contribution in [2.45, 2.75) is 26.6 Å². The molecular formula is C13H21N3O3. The van der Waals surface area contributed by atoms with Gasteiger partial charge >= 0.3 is 0 Å². The quantitative estimate of drug-likeness (QED) is 0.678. The first-order chi connectivity index (χ1) is 9.15. The van der Waals surface area contributed by atoms with E-state index in [1.165, 1.54) is 6.20 Å². The van der Waals surface area contributed by atoms with Crippen molar-refractivity contribution < 1.29 is 14.3 Å². The van der Waals surface area contributed by atoms with Crippen molar-refractivity contribution in [1.29, 1.82) is 0 Å². The van der Waals surface area contributed by atoms with Crippen molar-refractivity contribution in [2.24, 2.45) is 0 Å². The van der Waals surface area contributed by atoms with Gasteiger partial charge < -0.3 is 20.5 Å². The third-order valence-electron chi connectivity index (χ3n) is 2.36. The number of nitrogens with one attached hydrogen (secondary N) is 1. The first kappa shape index (κ1) is 15.4. The van der Waals surface area contributed by atoms with Crippen molar-refractivity contribution in [3.05, 3.63) is 24.0 Å². The van der Waals surface area contributed by atoms with Crippen LogP contribution in [0.15, 0.2) is 18.3 Å². The van der Waals surface area contributed by atoms with Crippen molar-refractivity contribution >= 4 is 11.6 Å². The topological polar surface area (TPSA) is 86.5 Å². The molecule has 0 radical (unpaired) electrons. The molecule has 0 saturated carbocycles. The second-order valence-corrected chi connectivity index (χ2v) is 3.90. The summed E-state index contributed by atoms with van der Waals surface area (Å²) in [5.41, 5.74) is 6.78. The van der Waals surface area contributed by atoms with Crippen molar-refractivity contribution in [2.75, 3.05) is 25.5 Å². The molecule has 1 aromatic heterocycles. The Kier molecular flexibility index (Phi) is 6.84. The maximum Gasteiger partial charge on any atom is 0.226 e. The summed E-state index contributed by atoms with van der Waals surface area (Å²) in [6, 6.07) is 3.45. The third-order valence-corrected chi connectivity index (χ3v) is 2.36. The molecule has 1 rings (SSSR count). The van der Waals surface area contributed by atoms with Gasteiger partial charge in [0, 0.05) is 18.9 Å². The van der Waals surface area contributed by atoms with Crippen LogP contribution < -0.4 is 11.1 Å². The highest BCUT2D eigenvalue weighted by atomic mass is 16.7. The number of aromatic nitrogens is 1. The number of carbonyl (C=O) groups excluding carboxylic acids is 1. The zero-order chi connectivity index (χ0) is 14.1. The summed E-state index contributed by atoms with van der Waals surface area (Å²) in [6.45, 7) is 5.17. The Morgan fingerprint density at radius 3 is 2.58 bits per heavy atom. The third kappa shape index (κ3) is 6.17. The summed E-state index contributed by atoms with van der Waals surface area (Å²) < 4.78 is 10.7. The molecule has 0 atom stereocenters. The minimum Gasteiger partial charge on any atom is -0.397 e. The Labute approximate surface area is 113 Å². The summed E-state index contributed by atoms with van der Waals surface area (Å²) >= 11 is 0. The van der Waals surface area contributed by atoms with Crippen LogP contribution in [-0.4, -0.2) is 36.9 Å². The zero-order valence-corrected chi connectivity index (χ0v) is 11.4. The van der Waals surface area contributed by atoms with Gasteiger partial charge in [-0.25, -0.2) is 0 Å². The van der Waals surface area contributed by atoms with E-state index in [4.69, 9.17) is 15.2 Å². The summed E-state index contributed by atoms with van der Waals surface area (Å²) in [7, 11) is 0. The van der Waals surface area contributed by atoms with Crippen LogP contribution in [0.1, 0.15) is 19.5 Å². The molecule has 19 heavy (non-hydrogen) atoms. The normalized spacial score (nSPS) is 10.7. The second-order valence-electron chi connectivity index (χ2n) is 3.90. The summed E-state index contributed by atoms with van der Waals surface area (Å²) in [6.07, 6.45) is 1.34. The van der Waals surface area contributed by atoms with Crippen LogP contribution in [0.2, 0.25) is 0 Å². The summed E-state index contributed by atoms with van der Waals surface area (Å²) in [5, 5.41) is 2.76. The molecule has 0 spiro atoms. The molecule has 0 aromatic carbocycles. The van der Waals surface area contributed by atoms with Crippen molar-refractivity contribution in [3.8, 4) is 0 Å². The van der Waals surface area contributed by atoms with Crippen LogP contribution in [0.3, 0.4) is 0 Å². The maximum absolute atomic E-state index is 11.7. The molecule has 0 saturated heterocycles. The van der Waals surface area contributed by atoms with Crippen LogP contribution in [0.4, 0.5) is 5.69 Å². The number of nitrogens with two attached hydrogens (primary N) is 1. The monoisotopic (exact) mass is 267 g/mol. The number of nitrogens with zero attached hydrogens (tertiary/aromatic N) is 1. The Hall–Kier alpha value is -1.66. The summed E-state index contributed by atoms with van der Waals surface area (Å²) in [5.74, 6) is -0.123. The standard InChI is InChI=1S/C13H21N3O3/c1-3-18-13(19-4-2)9-16-12(17)7-11-6-5-10(14)8-15-11/h5-6,8,13H,3-4,7,9,14H2,1-2H3,(H,16,17). The predicted molar refractivity (Wildman–Crippen MR) is 72.4 cm³/mol. The first-order valence-electron chi connectivity index (χ1n) is 6.36. The van der Waals surface area contributed by atoms with Gasteiger partial charge in [-0.1, -0.05) is 0 Å².